The Labute approximate surface area is 86.5 Å². The molecule has 0 unspecified atom stereocenters. The van der Waals surface area contributed by atoms with Crippen LogP contribution < -0.4 is 5.73 Å². The monoisotopic (exact) mass is 207 g/mol. The van der Waals surface area contributed by atoms with Gasteiger partial charge in [0.2, 0.25) is 0 Å². The molecule has 0 spiro atoms. The standard InChI is InChI=1S/C10H10ClN3/c11-8-3-1-2-7-9(12)13-10(14(7)8)6-4-5-6/h1-3,6H,4-5,12H2. The summed E-state index contributed by atoms with van der Waals surface area (Å²) in [6, 6.07) is 5.70. The lowest BCUT2D eigenvalue weighted by atomic mass is 10.4. The van der Waals surface area contributed by atoms with E-state index >= 15 is 0 Å². The van der Waals surface area contributed by atoms with Gasteiger partial charge in [0.25, 0.3) is 0 Å². The van der Waals surface area contributed by atoms with E-state index in [2.05, 4.69) is 4.98 Å². The first-order valence-electron chi connectivity index (χ1n) is 4.69. The van der Waals surface area contributed by atoms with E-state index in [-0.39, 0.29) is 0 Å². The van der Waals surface area contributed by atoms with Crippen LogP contribution in [-0.4, -0.2) is 9.38 Å². The second kappa shape index (κ2) is 2.64. The minimum absolute atomic E-state index is 0.555. The molecule has 2 heterocycles. The topological polar surface area (TPSA) is 43.3 Å². The number of imidazole rings is 1. The van der Waals surface area contributed by atoms with Gasteiger partial charge in [0.05, 0.1) is 5.52 Å². The molecule has 0 aliphatic heterocycles. The molecule has 3 nitrogen and oxygen atoms in total. The fourth-order valence-corrected chi connectivity index (χ4v) is 2.01. The highest BCUT2D eigenvalue weighted by Crippen LogP contribution is 2.41. The molecule has 1 aliphatic carbocycles. The Morgan fingerprint density at radius 1 is 1.43 bits per heavy atom. The van der Waals surface area contributed by atoms with Crippen LogP contribution in [0.1, 0.15) is 24.6 Å². The Hall–Kier alpha value is -1.22. The number of nitrogens with zero attached hydrogens (tertiary/aromatic N) is 2. The zero-order valence-corrected chi connectivity index (χ0v) is 8.33. The van der Waals surface area contributed by atoms with E-state index in [0.29, 0.717) is 16.9 Å². The molecule has 0 saturated heterocycles. The molecule has 4 heteroatoms. The number of anilines is 1. The van der Waals surface area contributed by atoms with Gasteiger partial charge >= 0.3 is 0 Å². The van der Waals surface area contributed by atoms with E-state index in [1.54, 1.807) is 0 Å². The minimum Gasteiger partial charge on any atom is -0.382 e. The smallest absolute Gasteiger partial charge is 0.149 e. The number of aromatic nitrogens is 2. The zero-order valence-electron chi connectivity index (χ0n) is 7.57. The highest BCUT2D eigenvalue weighted by atomic mass is 35.5. The first-order valence-corrected chi connectivity index (χ1v) is 5.07. The Balaban J connectivity index is 2.39. The average Bonchev–Trinajstić information content (AvgIpc) is 2.94. The molecule has 2 aromatic heterocycles. The van der Waals surface area contributed by atoms with E-state index in [1.807, 2.05) is 22.6 Å². The molecule has 1 saturated carbocycles. The second-order valence-corrected chi connectivity index (χ2v) is 4.09. The number of nitrogens with two attached hydrogens (primary N) is 1. The number of halogens is 1. The molecular weight excluding hydrogens is 198 g/mol. The lowest BCUT2D eigenvalue weighted by molar-refractivity contribution is 0.922. The van der Waals surface area contributed by atoms with Crippen molar-refractivity contribution in [1.82, 2.24) is 9.38 Å². The van der Waals surface area contributed by atoms with Gasteiger partial charge in [-0.25, -0.2) is 4.98 Å². The Morgan fingerprint density at radius 2 is 2.21 bits per heavy atom. The minimum atomic E-state index is 0.555. The first kappa shape index (κ1) is 8.12. The van der Waals surface area contributed by atoms with Gasteiger partial charge in [-0.1, -0.05) is 17.7 Å². The molecule has 0 aromatic carbocycles. The van der Waals surface area contributed by atoms with Crippen molar-refractivity contribution in [3.05, 3.63) is 29.2 Å². The van der Waals surface area contributed by atoms with Crippen molar-refractivity contribution in [3.8, 4) is 0 Å². The van der Waals surface area contributed by atoms with Crippen LogP contribution in [0.5, 0.6) is 0 Å². The highest BCUT2D eigenvalue weighted by molar-refractivity contribution is 6.29. The van der Waals surface area contributed by atoms with Crippen molar-refractivity contribution in [2.45, 2.75) is 18.8 Å². The lowest BCUT2D eigenvalue weighted by Gasteiger charge is -2.00. The van der Waals surface area contributed by atoms with Gasteiger partial charge < -0.3 is 5.73 Å². The molecule has 1 aliphatic rings. The van der Waals surface area contributed by atoms with Crippen LogP contribution in [0.15, 0.2) is 18.2 Å². The number of fused-ring (bicyclic) bond motifs is 1. The van der Waals surface area contributed by atoms with Crippen molar-refractivity contribution >= 4 is 22.9 Å². The van der Waals surface area contributed by atoms with E-state index in [9.17, 15) is 0 Å². The summed E-state index contributed by atoms with van der Waals surface area (Å²) in [5.41, 5.74) is 6.74. The summed E-state index contributed by atoms with van der Waals surface area (Å²) in [4.78, 5) is 4.37. The largest absolute Gasteiger partial charge is 0.382 e. The van der Waals surface area contributed by atoms with Crippen LogP contribution in [0.3, 0.4) is 0 Å². The molecule has 0 bridgehead atoms. The molecule has 3 rings (SSSR count). The van der Waals surface area contributed by atoms with E-state index in [1.165, 1.54) is 12.8 Å². The summed E-state index contributed by atoms with van der Waals surface area (Å²) >= 11 is 6.11. The molecular formula is C10H10ClN3. The van der Waals surface area contributed by atoms with Crippen molar-refractivity contribution in [3.63, 3.8) is 0 Å². The maximum Gasteiger partial charge on any atom is 0.149 e. The van der Waals surface area contributed by atoms with Gasteiger partial charge in [-0.15, -0.1) is 0 Å². The third-order valence-corrected chi connectivity index (χ3v) is 2.91. The van der Waals surface area contributed by atoms with Crippen LogP contribution in [0.25, 0.3) is 5.52 Å². The third-order valence-electron chi connectivity index (χ3n) is 2.61. The molecule has 1 fully saturated rings. The van der Waals surface area contributed by atoms with Crippen LogP contribution in [-0.2, 0) is 0 Å². The van der Waals surface area contributed by atoms with Crippen molar-refractivity contribution in [2.24, 2.45) is 0 Å². The third kappa shape index (κ3) is 1.02. The van der Waals surface area contributed by atoms with Gasteiger partial charge in [0.15, 0.2) is 0 Å². The van der Waals surface area contributed by atoms with Crippen molar-refractivity contribution in [1.29, 1.82) is 0 Å². The molecule has 72 valence electrons. The summed E-state index contributed by atoms with van der Waals surface area (Å²) < 4.78 is 1.95. The predicted octanol–water partition coefficient (Wildman–Crippen LogP) is 2.45. The molecule has 0 radical (unpaired) electrons. The first-order chi connectivity index (χ1) is 6.77. The van der Waals surface area contributed by atoms with Crippen molar-refractivity contribution < 1.29 is 0 Å². The molecule has 2 N–H and O–H groups in total. The fraction of sp³-hybridized carbons (Fsp3) is 0.300. The van der Waals surface area contributed by atoms with Crippen LogP contribution in [0, 0.1) is 0 Å². The Kier molecular flexibility index (Phi) is 1.53. The Bertz CT molecular complexity index is 499. The van der Waals surface area contributed by atoms with Gasteiger partial charge in [-0.2, -0.15) is 0 Å². The molecule has 14 heavy (non-hydrogen) atoms. The number of rotatable bonds is 1. The summed E-state index contributed by atoms with van der Waals surface area (Å²) in [6.45, 7) is 0. The summed E-state index contributed by atoms with van der Waals surface area (Å²) in [5, 5.41) is 0.689. The molecule has 2 aromatic rings. The van der Waals surface area contributed by atoms with Gasteiger partial charge in [0.1, 0.15) is 16.8 Å². The number of pyridine rings is 1. The predicted molar refractivity (Wildman–Crippen MR) is 56.6 cm³/mol. The molecule has 0 amide bonds. The fourth-order valence-electron chi connectivity index (χ4n) is 1.76. The normalized spacial score (nSPS) is 16.4. The van der Waals surface area contributed by atoms with Gasteiger partial charge in [-0.3, -0.25) is 4.40 Å². The summed E-state index contributed by atoms with van der Waals surface area (Å²) in [7, 11) is 0. The highest BCUT2D eigenvalue weighted by Gasteiger charge is 2.29. The van der Waals surface area contributed by atoms with Gasteiger partial charge in [-0.05, 0) is 25.0 Å². The van der Waals surface area contributed by atoms with E-state index < -0.39 is 0 Å². The zero-order chi connectivity index (χ0) is 9.71. The van der Waals surface area contributed by atoms with E-state index in [0.717, 1.165) is 11.3 Å². The maximum atomic E-state index is 6.11. The number of nitrogen functional groups attached to an aromatic ring is 1. The SMILES string of the molecule is Nc1nc(C2CC2)n2c(Cl)cccc12. The maximum absolute atomic E-state index is 6.11. The molecule has 0 atom stereocenters. The lowest BCUT2D eigenvalue weighted by Crippen LogP contribution is -1.92. The summed E-state index contributed by atoms with van der Waals surface area (Å²) in [5.74, 6) is 2.15. The summed E-state index contributed by atoms with van der Waals surface area (Å²) in [6.07, 6.45) is 2.40. The van der Waals surface area contributed by atoms with Crippen LogP contribution in [0.4, 0.5) is 5.82 Å². The van der Waals surface area contributed by atoms with Crippen molar-refractivity contribution in [2.75, 3.05) is 5.73 Å². The number of hydrogen-bond donors (Lipinski definition) is 1. The van der Waals surface area contributed by atoms with Gasteiger partial charge in [0, 0.05) is 5.92 Å². The Morgan fingerprint density at radius 3 is 2.93 bits per heavy atom. The second-order valence-electron chi connectivity index (χ2n) is 3.70. The van der Waals surface area contributed by atoms with Crippen LogP contribution in [0.2, 0.25) is 5.15 Å². The quantitative estimate of drug-likeness (QED) is 0.730. The number of hydrogen-bond acceptors (Lipinski definition) is 2. The van der Waals surface area contributed by atoms with Crippen LogP contribution >= 0.6 is 11.6 Å². The van der Waals surface area contributed by atoms with E-state index in [4.69, 9.17) is 17.3 Å². The average molecular weight is 208 g/mol.